The Labute approximate surface area is 85.3 Å². The molecule has 1 heterocycles. The number of nitrogens with one attached hydrogen (secondary N) is 1. The van der Waals surface area contributed by atoms with Gasteiger partial charge in [0.25, 0.3) is 0 Å². The molecule has 0 spiro atoms. The highest BCUT2D eigenvalue weighted by atomic mass is 16.1. The zero-order chi connectivity index (χ0) is 10.4. The Morgan fingerprint density at radius 3 is 2.57 bits per heavy atom. The molecule has 1 aliphatic rings. The van der Waals surface area contributed by atoms with E-state index in [2.05, 4.69) is 17.4 Å². The zero-order valence-electron chi connectivity index (χ0n) is 8.79. The van der Waals surface area contributed by atoms with Gasteiger partial charge >= 0.3 is 0 Å². The Bertz CT molecular complexity index is 296. The van der Waals surface area contributed by atoms with Crippen LogP contribution in [0.5, 0.6) is 0 Å². The van der Waals surface area contributed by atoms with E-state index in [1.807, 2.05) is 26.0 Å². The van der Waals surface area contributed by atoms with Crippen molar-refractivity contribution < 1.29 is 4.79 Å². The summed E-state index contributed by atoms with van der Waals surface area (Å²) in [5.74, 6) is 0. The molecule has 1 atom stereocenters. The van der Waals surface area contributed by atoms with Crippen LogP contribution in [-0.4, -0.2) is 12.3 Å². The van der Waals surface area contributed by atoms with Crippen molar-refractivity contribution in [2.75, 3.05) is 0 Å². The van der Waals surface area contributed by atoms with Crippen LogP contribution in [0.3, 0.4) is 0 Å². The molecule has 0 amide bonds. The Balaban J connectivity index is 0.000000461. The van der Waals surface area contributed by atoms with Gasteiger partial charge in [-0.2, -0.15) is 0 Å². The SMILES string of the molecule is CC.O=CC1Cc2ccccc2CN1. The van der Waals surface area contributed by atoms with Crippen molar-refractivity contribution in [3.63, 3.8) is 0 Å². The van der Waals surface area contributed by atoms with Gasteiger partial charge in [0, 0.05) is 6.54 Å². The van der Waals surface area contributed by atoms with Gasteiger partial charge in [-0.05, 0) is 17.5 Å². The molecule has 0 aliphatic carbocycles. The first kappa shape index (κ1) is 10.9. The number of carbonyl (C=O) groups excluding carboxylic acids is 1. The van der Waals surface area contributed by atoms with E-state index in [1.165, 1.54) is 11.1 Å². The van der Waals surface area contributed by atoms with Crippen LogP contribution in [0.15, 0.2) is 24.3 Å². The fourth-order valence-corrected chi connectivity index (χ4v) is 1.58. The van der Waals surface area contributed by atoms with Crippen molar-refractivity contribution in [2.45, 2.75) is 32.9 Å². The Morgan fingerprint density at radius 1 is 1.29 bits per heavy atom. The molecular weight excluding hydrogens is 174 g/mol. The number of hydrogen-bond acceptors (Lipinski definition) is 2. The molecule has 1 unspecified atom stereocenters. The number of hydrogen-bond donors (Lipinski definition) is 1. The molecule has 0 fully saturated rings. The zero-order valence-corrected chi connectivity index (χ0v) is 8.79. The minimum Gasteiger partial charge on any atom is -0.303 e. The summed E-state index contributed by atoms with van der Waals surface area (Å²) in [6.45, 7) is 4.82. The highest BCUT2D eigenvalue weighted by Crippen LogP contribution is 2.14. The molecular formula is C12H17NO. The highest BCUT2D eigenvalue weighted by molar-refractivity contribution is 5.59. The second kappa shape index (κ2) is 5.55. The van der Waals surface area contributed by atoms with E-state index in [-0.39, 0.29) is 6.04 Å². The van der Waals surface area contributed by atoms with E-state index in [0.717, 1.165) is 19.3 Å². The molecule has 0 saturated heterocycles. The molecule has 14 heavy (non-hydrogen) atoms. The standard InChI is InChI=1S/C10H11NO.C2H6/c12-7-10-5-8-3-1-2-4-9(8)6-11-10;1-2/h1-4,7,10-11H,5-6H2;1-2H3. The van der Waals surface area contributed by atoms with Crippen LogP contribution in [0.4, 0.5) is 0 Å². The van der Waals surface area contributed by atoms with Crippen LogP contribution >= 0.6 is 0 Å². The maximum Gasteiger partial charge on any atom is 0.137 e. The average Bonchev–Trinajstić information content (AvgIpc) is 2.31. The minimum absolute atomic E-state index is 0.0138. The summed E-state index contributed by atoms with van der Waals surface area (Å²) in [6, 6.07) is 8.25. The van der Waals surface area contributed by atoms with Crippen LogP contribution in [0.2, 0.25) is 0 Å². The van der Waals surface area contributed by atoms with Crippen LogP contribution in [0.1, 0.15) is 25.0 Å². The van der Waals surface area contributed by atoms with E-state index in [0.29, 0.717) is 0 Å². The first-order valence-corrected chi connectivity index (χ1v) is 5.15. The van der Waals surface area contributed by atoms with E-state index in [4.69, 9.17) is 0 Å². The summed E-state index contributed by atoms with van der Waals surface area (Å²) in [5.41, 5.74) is 2.61. The van der Waals surface area contributed by atoms with Crippen molar-refractivity contribution in [3.8, 4) is 0 Å². The third-order valence-electron chi connectivity index (χ3n) is 2.28. The third kappa shape index (κ3) is 2.42. The van der Waals surface area contributed by atoms with E-state index >= 15 is 0 Å². The van der Waals surface area contributed by atoms with Gasteiger partial charge in [0.1, 0.15) is 6.29 Å². The fourth-order valence-electron chi connectivity index (χ4n) is 1.58. The lowest BCUT2D eigenvalue weighted by atomic mass is 9.97. The van der Waals surface area contributed by atoms with Crippen LogP contribution in [0, 0.1) is 0 Å². The maximum atomic E-state index is 10.5. The van der Waals surface area contributed by atoms with Crippen LogP contribution in [0.25, 0.3) is 0 Å². The molecule has 2 heteroatoms. The smallest absolute Gasteiger partial charge is 0.137 e. The average molecular weight is 191 g/mol. The number of aldehydes is 1. The van der Waals surface area contributed by atoms with Gasteiger partial charge in [0.2, 0.25) is 0 Å². The number of fused-ring (bicyclic) bond motifs is 1. The molecule has 2 rings (SSSR count). The number of carbonyl (C=O) groups is 1. The molecule has 1 aliphatic heterocycles. The van der Waals surface area contributed by atoms with Gasteiger partial charge in [-0.25, -0.2) is 0 Å². The van der Waals surface area contributed by atoms with E-state index in [9.17, 15) is 4.79 Å². The predicted molar refractivity (Wildman–Crippen MR) is 58.2 cm³/mol. The van der Waals surface area contributed by atoms with Gasteiger partial charge in [0.15, 0.2) is 0 Å². The lowest BCUT2D eigenvalue weighted by molar-refractivity contribution is -0.109. The summed E-state index contributed by atoms with van der Waals surface area (Å²) < 4.78 is 0. The first-order chi connectivity index (χ1) is 6.90. The minimum atomic E-state index is 0.0138. The normalized spacial score (nSPS) is 18.9. The van der Waals surface area contributed by atoms with Crippen LogP contribution in [-0.2, 0) is 17.8 Å². The van der Waals surface area contributed by atoms with Crippen molar-refractivity contribution in [1.29, 1.82) is 0 Å². The molecule has 0 aromatic heterocycles. The lowest BCUT2D eigenvalue weighted by Crippen LogP contribution is -2.36. The summed E-state index contributed by atoms with van der Waals surface area (Å²) in [6.07, 6.45) is 1.82. The summed E-state index contributed by atoms with van der Waals surface area (Å²) >= 11 is 0. The van der Waals surface area contributed by atoms with Gasteiger partial charge in [0.05, 0.1) is 6.04 Å². The third-order valence-corrected chi connectivity index (χ3v) is 2.28. The molecule has 1 aromatic rings. The second-order valence-corrected chi connectivity index (χ2v) is 3.10. The monoisotopic (exact) mass is 191 g/mol. The lowest BCUT2D eigenvalue weighted by Gasteiger charge is -2.21. The second-order valence-electron chi connectivity index (χ2n) is 3.10. The Morgan fingerprint density at radius 2 is 1.93 bits per heavy atom. The van der Waals surface area contributed by atoms with Crippen molar-refractivity contribution >= 4 is 6.29 Å². The van der Waals surface area contributed by atoms with Crippen LogP contribution < -0.4 is 5.32 Å². The maximum absolute atomic E-state index is 10.5. The first-order valence-electron chi connectivity index (χ1n) is 5.15. The molecule has 2 nitrogen and oxygen atoms in total. The molecule has 0 bridgehead atoms. The molecule has 76 valence electrons. The number of benzene rings is 1. The topological polar surface area (TPSA) is 29.1 Å². The summed E-state index contributed by atoms with van der Waals surface area (Å²) in [7, 11) is 0. The largest absolute Gasteiger partial charge is 0.303 e. The van der Waals surface area contributed by atoms with Crippen molar-refractivity contribution in [2.24, 2.45) is 0 Å². The molecule has 0 radical (unpaired) electrons. The highest BCUT2D eigenvalue weighted by Gasteiger charge is 2.15. The molecule has 0 saturated carbocycles. The Kier molecular flexibility index (Phi) is 4.33. The predicted octanol–water partition coefficient (Wildman–Crippen LogP) is 1.93. The van der Waals surface area contributed by atoms with Gasteiger partial charge in [-0.15, -0.1) is 0 Å². The Hall–Kier alpha value is -1.15. The number of rotatable bonds is 1. The fraction of sp³-hybridized carbons (Fsp3) is 0.417. The molecule has 1 N–H and O–H groups in total. The van der Waals surface area contributed by atoms with Gasteiger partial charge in [-0.3, -0.25) is 0 Å². The summed E-state index contributed by atoms with van der Waals surface area (Å²) in [5, 5.41) is 3.16. The van der Waals surface area contributed by atoms with Crippen molar-refractivity contribution in [1.82, 2.24) is 5.32 Å². The van der Waals surface area contributed by atoms with Gasteiger partial charge < -0.3 is 10.1 Å². The van der Waals surface area contributed by atoms with E-state index in [1.54, 1.807) is 0 Å². The quantitative estimate of drug-likeness (QED) is 0.687. The van der Waals surface area contributed by atoms with Gasteiger partial charge in [-0.1, -0.05) is 38.1 Å². The van der Waals surface area contributed by atoms with E-state index < -0.39 is 0 Å². The molecule has 1 aromatic carbocycles. The van der Waals surface area contributed by atoms with Crippen molar-refractivity contribution in [3.05, 3.63) is 35.4 Å². The summed E-state index contributed by atoms with van der Waals surface area (Å²) in [4.78, 5) is 10.5.